The number of benzene rings is 1. The van der Waals surface area contributed by atoms with Crippen molar-refractivity contribution in [3.05, 3.63) is 40.5 Å². The molecule has 2 aromatic rings. The van der Waals surface area contributed by atoms with Crippen LogP contribution in [-0.2, 0) is 6.54 Å². The second kappa shape index (κ2) is 9.04. The van der Waals surface area contributed by atoms with Crippen molar-refractivity contribution in [1.82, 2.24) is 19.7 Å². The molecule has 1 atom stereocenters. The van der Waals surface area contributed by atoms with Crippen LogP contribution in [0, 0.1) is 5.82 Å². The zero-order valence-corrected chi connectivity index (χ0v) is 16.8. The van der Waals surface area contributed by atoms with Crippen LogP contribution in [0.3, 0.4) is 0 Å². The quantitative estimate of drug-likeness (QED) is 0.739. The Hall–Kier alpha value is -1.34. The highest BCUT2D eigenvalue weighted by atomic mass is 32.1. The molecule has 2 heterocycles. The molecule has 0 aliphatic carbocycles. The van der Waals surface area contributed by atoms with Crippen molar-refractivity contribution in [2.45, 2.75) is 25.4 Å². The minimum Gasteiger partial charge on any atom is -0.308 e. The average molecular weight is 377 g/mol. The number of likely N-dealkylation sites (tertiary alicyclic amines) is 1. The molecule has 1 unspecified atom stereocenters. The maximum atomic E-state index is 13.1. The van der Waals surface area contributed by atoms with Gasteiger partial charge in [-0.15, -0.1) is 11.3 Å². The van der Waals surface area contributed by atoms with E-state index in [1.807, 2.05) is 0 Å². The summed E-state index contributed by atoms with van der Waals surface area (Å²) in [6.45, 7) is 5.36. The van der Waals surface area contributed by atoms with Gasteiger partial charge in [-0.3, -0.25) is 4.90 Å². The lowest BCUT2D eigenvalue weighted by molar-refractivity contribution is 0.106. The van der Waals surface area contributed by atoms with Crippen LogP contribution >= 0.6 is 11.3 Å². The summed E-state index contributed by atoms with van der Waals surface area (Å²) in [7, 11) is 6.50. The standard InChI is InChI=1S/C20H29FN4S/c1-23(2)11-12-24(3)18-5-4-10-25(13-18)14-20-22-19(15-26-20)16-6-8-17(21)9-7-16/h6-9,15,18H,4-5,10-14H2,1-3H3. The molecule has 0 saturated carbocycles. The third-order valence-electron chi connectivity index (χ3n) is 5.05. The number of hydrogen-bond acceptors (Lipinski definition) is 5. The Morgan fingerprint density at radius 2 is 1.96 bits per heavy atom. The molecule has 1 fully saturated rings. The topological polar surface area (TPSA) is 22.6 Å². The number of halogens is 1. The Bertz CT molecular complexity index is 685. The van der Waals surface area contributed by atoms with E-state index in [4.69, 9.17) is 4.98 Å². The van der Waals surface area contributed by atoms with Gasteiger partial charge in [0, 0.05) is 36.6 Å². The summed E-state index contributed by atoms with van der Waals surface area (Å²) in [5.74, 6) is -0.207. The fourth-order valence-electron chi connectivity index (χ4n) is 3.40. The van der Waals surface area contributed by atoms with Gasteiger partial charge < -0.3 is 9.80 Å². The second-order valence-corrected chi connectivity index (χ2v) is 8.39. The number of piperidine rings is 1. The molecule has 0 radical (unpaired) electrons. The number of nitrogens with zero attached hydrogens (tertiary/aromatic N) is 4. The third-order valence-corrected chi connectivity index (χ3v) is 5.89. The van der Waals surface area contributed by atoms with Gasteiger partial charge in [-0.05, 0) is 64.8 Å². The molecule has 0 amide bonds. The first-order valence-corrected chi connectivity index (χ1v) is 10.2. The van der Waals surface area contributed by atoms with Gasteiger partial charge in [-0.25, -0.2) is 9.37 Å². The predicted molar refractivity (Wildman–Crippen MR) is 107 cm³/mol. The van der Waals surface area contributed by atoms with Gasteiger partial charge in [0.1, 0.15) is 10.8 Å². The fourth-order valence-corrected chi connectivity index (χ4v) is 4.25. The van der Waals surface area contributed by atoms with Gasteiger partial charge in [-0.1, -0.05) is 0 Å². The monoisotopic (exact) mass is 376 g/mol. The first kappa shape index (κ1) is 19.4. The zero-order chi connectivity index (χ0) is 18.5. The molecule has 6 heteroatoms. The molecule has 1 aromatic carbocycles. The second-order valence-electron chi connectivity index (χ2n) is 7.45. The Balaban J connectivity index is 1.56. The van der Waals surface area contributed by atoms with Gasteiger partial charge in [0.15, 0.2) is 0 Å². The number of hydrogen-bond donors (Lipinski definition) is 0. The Labute approximate surface area is 160 Å². The van der Waals surface area contributed by atoms with Crippen molar-refractivity contribution in [3.63, 3.8) is 0 Å². The first-order chi connectivity index (χ1) is 12.5. The molecule has 1 aliphatic rings. The van der Waals surface area contributed by atoms with Crippen LogP contribution in [0.4, 0.5) is 4.39 Å². The molecule has 1 saturated heterocycles. The van der Waals surface area contributed by atoms with Crippen molar-refractivity contribution in [2.75, 3.05) is 47.3 Å². The third kappa shape index (κ3) is 5.33. The molecule has 26 heavy (non-hydrogen) atoms. The maximum absolute atomic E-state index is 13.1. The molecule has 1 aliphatic heterocycles. The van der Waals surface area contributed by atoms with E-state index in [2.05, 4.69) is 41.2 Å². The molecular formula is C20H29FN4S. The molecule has 3 rings (SSSR count). The SMILES string of the molecule is CN(C)CCN(C)C1CCCN(Cc2nc(-c3ccc(F)cc3)cs2)C1. The van der Waals surface area contributed by atoms with E-state index in [-0.39, 0.29) is 5.82 Å². The summed E-state index contributed by atoms with van der Waals surface area (Å²) in [6.07, 6.45) is 2.52. The van der Waals surface area contributed by atoms with Crippen LogP contribution in [-0.4, -0.2) is 73.0 Å². The number of likely N-dealkylation sites (N-methyl/N-ethyl adjacent to an activating group) is 2. The molecule has 142 valence electrons. The molecular weight excluding hydrogens is 347 g/mol. The lowest BCUT2D eigenvalue weighted by Gasteiger charge is -2.37. The van der Waals surface area contributed by atoms with Crippen LogP contribution in [0.5, 0.6) is 0 Å². The average Bonchev–Trinajstić information content (AvgIpc) is 3.09. The fraction of sp³-hybridized carbons (Fsp3) is 0.550. The Morgan fingerprint density at radius 1 is 1.19 bits per heavy atom. The van der Waals surface area contributed by atoms with Gasteiger partial charge in [0.05, 0.1) is 12.2 Å². The van der Waals surface area contributed by atoms with Gasteiger partial charge in [0.2, 0.25) is 0 Å². The van der Waals surface area contributed by atoms with E-state index in [1.165, 1.54) is 25.0 Å². The minimum atomic E-state index is -0.207. The smallest absolute Gasteiger partial charge is 0.123 e. The number of thiazole rings is 1. The van der Waals surface area contributed by atoms with Crippen LogP contribution in [0.15, 0.2) is 29.6 Å². The van der Waals surface area contributed by atoms with Crippen LogP contribution < -0.4 is 0 Å². The summed E-state index contributed by atoms with van der Waals surface area (Å²) < 4.78 is 13.1. The normalized spacial score (nSPS) is 18.8. The molecule has 1 aromatic heterocycles. The number of aromatic nitrogens is 1. The molecule has 0 N–H and O–H groups in total. The summed E-state index contributed by atoms with van der Waals surface area (Å²) in [5.41, 5.74) is 1.93. The summed E-state index contributed by atoms with van der Waals surface area (Å²) in [4.78, 5) is 12.0. The Morgan fingerprint density at radius 3 is 2.69 bits per heavy atom. The lowest BCUT2D eigenvalue weighted by Crippen LogP contribution is -2.47. The first-order valence-electron chi connectivity index (χ1n) is 9.29. The zero-order valence-electron chi connectivity index (χ0n) is 16.0. The lowest BCUT2D eigenvalue weighted by atomic mass is 10.0. The summed E-state index contributed by atoms with van der Waals surface area (Å²) >= 11 is 1.70. The molecule has 0 spiro atoms. The van der Waals surface area contributed by atoms with Crippen LogP contribution in [0.25, 0.3) is 11.3 Å². The van der Waals surface area contributed by atoms with Crippen molar-refractivity contribution >= 4 is 11.3 Å². The van der Waals surface area contributed by atoms with E-state index >= 15 is 0 Å². The highest BCUT2D eigenvalue weighted by Crippen LogP contribution is 2.24. The highest BCUT2D eigenvalue weighted by Gasteiger charge is 2.23. The van der Waals surface area contributed by atoms with Crippen LogP contribution in [0.2, 0.25) is 0 Å². The maximum Gasteiger partial charge on any atom is 0.123 e. The molecule has 0 bridgehead atoms. The van der Waals surface area contributed by atoms with Gasteiger partial charge >= 0.3 is 0 Å². The van der Waals surface area contributed by atoms with Crippen LogP contribution in [0.1, 0.15) is 17.8 Å². The summed E-state index contributed by atoms with van der Waals surface area (Å²) in [6, 6.07) is 7.20. The molecule has 4 nitrogen and oxygen atoms in total. The van der Waals surface area contributed by atoms with E-state index in [9.17, 15) is 4.39 Å². The van der Waals surface area contributed by atoms with Crippen molar-refractivity contribution in [1.29, 1.82) is 0 Å². The predicted octanol–water partition coefficient (Wildman–Crippen LogP) is 3.41. The van der Waals surface area contributed by atoms with Crippen molar-refractivity contribution in [2.24, 2.45) is 0 Å². The summed E-state index contributed by atoms with van der Waals surface area (Å²) in [5, 5.41) is 3.22. The van der Waals surface area contributed by atoms with E-state index < -0.39 is 0 Å². The van der Waals surface area contributed by atoms with E-state index in [0.717, 1.165) is 49.0 Å². The highest BCUT2D eigenvalue weighted by molar-refractivity contribution is 7.09. The van der Waals surface area contributed by atoms with Crippen molar-refractivity contribution < 1.29 is 4.39 Å². The van der Waals surface area contributed by atoms with E-state index in [1.54, 1.807) is 23.5 Å². The largest absolute Gasteiger partial charge is 0.308 e. The number of rotatable bonds is 7. The van der Waals surface area contributed by atoms with E-state index in [0.29, 0.717) is 6.04 Å². The van der Waals surface area contributed by atoms with Gasteiger partial charge in [-0.2, -0.15) is 0 Å². The van der Waals surface area contributed by atoms with Crippen molar-refractivity contribution in [3.8, 4) is 11.3 Å². The van der Waals surface area contributed by atoms with Gasteiger partial charge in [0.25, 0.3) is 0 Å². The Kier molecular flexibility index (Phi) is 6.75. The minimum absolute atomic E-state index is 0.207.